The molecule has 2 atom stereocenters. The standard InChI is InChI=1S/C25H39N5O5/c1-17(2)15-19-24(33)27-12-8-14-35-21-10-6-5-9-18(21)23(32)29-20(16-22(31)28-19)25(34)26-11-7-13-30(3)4/h5-6,9-10,17,19-20H,7-8,11-16H2,1-4H3,(H,26,34)(H,27,33)(H,28,31)(H,29,32)/t19-,20+/m1/s1. The number of carbonyl (C=O) groups excluding carboxylic acids is 4. The molecule has 1 heterocycles. The van der Waals surface area contributed by atoms with Crippen LogP contribution in [0.25, 0.3) is 0 Å². The molecule has 4 amide bonds. The number of nitrogens with zero attached hydrogens (tertiary/aromatic N) is 1. The number of amides is 4. The molecule has 0 aliphatic carbocycles. The number of ether oxygens (including phenoxy) is 1. The van der Waals surface area contributed by atoms with E-state index in [-0.39, 0.29) is 23.8 Å². The third kappa shape index (κ3) is 9.94. The van der Waals surface area contributed by atoms with E-state index in [0.717, 1.165) is 13.0 Å². The van der Waals surface area contributed by atoms with Crippen molar-refractivity contribution in [2.75, 3.05) is 40.3 Å². The van der Waals surface area contributed by atoms with Gasteiger partial charge in [-0.2, -0.15) is 0 Å². The topological polar surface area (TPSA) is 129 Å². The lowest BCUT2D eigenvalue weighted by Crippen LogP contribution is -2.52. The molecule has 0 aromatic heterocycles. The van der Waals surface area contributed by atoms with Crippen LogP contribution in [0.2, 0.25) is 0 Å². The maximum atomic E-state index is 13.1. The Kier molecular flexibility index (Phi) is 11.5. The molecular weight excluding hydrogens is 450 g/mol. The number of rotatable bonds is 7. The Morgan fingerprint density at radius 3 is 2.63 bits per heavy atom. The molecule has 194 valence electrons. The first-order valence-corrected chi connectivity index (χ1v) is 12.2. The fourth-order valence-corrected chi connectivity index (χ4v) is 3.69. The van der Waals surface area contributed by atoms with Crippen molar-refractivity contribution in [1.29, 1.82) is 0 Å². The van der Waals surface area contributed by atoms with Crippen LogP contribution in [0.1, 0.15) is 49.9 Å². The van der Waals surface area contributed by atoms with Gasteiger partial charge in [-0.1, -0.05) is 26.0 Å². The van der Waals surface area contributed by atoms with Gasteiger partial charge in [-0.05, 0) is 58.0 Å². The van der Waals surface area contributed by atoms with E-state index in [1.54, 1.807) is 24.3 Å². The summed E-state index contributed by atoms with van der Waals surface area (Å²) in [6.07, 6.45) is 1.41. The number of hydrogen-bond acceptors (Lipinski definition) is 6. The van der Waals surface area contributed by atoms with Gasteiger partial charge in [-0.15, -0.1) is 0 Å². The van der Waals surface area contributed by atoms with Crippen molar-refractivity contribution in [3.8, 4) is 5.75 Å². The van der Waals surface area contributed by atoms with Gasteiger partial charge in [0.05, 0.1) is 18.6 Å². The highest BCUT2D eigenvalue weighted by atomic mass is 16.5. The summed E-state index contributed by atoms with van der Waals surface area (Å²) in [7, 11) is 3.88. The first kappa shape index (κ1) is 28.1. The number of para-hydroxylation sites is 1. The summed E-state index contributed by atoms with van der Waals surface area (Å²) < 4.78 is 5.78. The highest BCUT2D eigenvalue weighted by Crippen LogP contribution is 2.18. The molecule has 1 aliphatic heterocycles. The van der Waals surface area contributed by atoms with Crippen molar-refractivity contribution in [2.45, 2.75) is 51.6 Å². The minimum atomic E-state index is -1.11. The van der Waals surface area contributed by atoms with E-state index in [9.17, 15) is 19.2 Å². The average molecular weight is 490 g/mol. The Hall–Kier alpha value is -3.14. The van der Waals surface area contributed by atoms with Crippen molar-refractivity contribution in [2.24, 2.45) is 5.92 Å². The zero-order chi connectivity index (χ0) is 25.8. The van der Waals surface area contributed by atoms with Crippen molar-refractivity contribution >= 4 is 23.6 Å². The third-order valence-corrected chi connectivity index (χ3v) is 5.46. The van der Waals surface area contributed by atoms with E-state index in [2.05, 4.69) is 21.3 Å². The molecule has 10 nitrogen and oxygen atoms in total. The lowest BCUT2D eigenvalue weighted by molar-refractivity contribution is -0.131. The van der Waals surface area contributed by atoms with Crippen LogP contribution < -0.4 is 26.0 Å². The molecule has 4 N–H and O–H groups in total. The molecule has 0 unspecified atom stereocenters. The van der Waals surface area contributed by atoms with E-state index in [0.29, 0.717) is 38.3 Å². The minimum absolute atomic E-state index is 0.168. The van der Waals surface area contributed by atoms with Gasteiger partial charge >= 0.3 is 0 Å². The molecule has 1 aliphatic rings. The average Bonchev–Trinajstić information content (AvgIpc) is 2.80. The first-order chi connectivity index (χ1) is 16.7. The molecule has 0 bridgehead atoms. The number of nitrogens with one attached hydrogen (secondary N) is 4. The van der Waals surface area contributed by atoms with Gasteiger partial charge in [-0.3, -0.25) is 19.2 Å². The Bertz CT molecular complexity index is 874. The van der Waals surface area contributed by atoms with Gasteiger partial charge in [0.25, 0.3) is 5.91 Å². The summed E-state index contributed by atoms with van der Waals surface area (Å²) in [5.74, 6) is -1.19. The minimum Gasteiger partial charge on any atom is -0.493 e. The predicted molar refractivity (Wildman–Crippen MR) is 133 cm³/mol. The summed E-state index contributed by atoms with van der Waals surface area (Å²) in [6, 6.07) is 4.90. The summed E-state index contributed by atoms with van der Waals surface area (Å²) in [5, 5.41) is 11.1. The number of benzene rings is 1. The molecule has 10 heteroatoms. The molecule has 35 heavy (non-hydrogen) atoms. The maximum absolute atomic E-state index is 13.1. The van der Waals surface area contributed by atoms with Crippen molar-refractivity contribution < 1.29 is 23.9 Å². The number of fused-ring (bicyclic) bond motifs is 1. The van der Waals surface area contributed by atoms with Crippen LogP contribution in [0, 0.1) is 5.92 Å². The second-order valence-corrected chi connectivity index (χ2v) is 9.42. The normalized spacial score (nSPS) is 20.0. The van der Waals surface area contributed by atoms with Crippen LogP contribution in [-0.4, -0.2) is 80.9 Å². The van der Waals surface area contributed by atoms with Crippen LogP contribution >= 0.6 is 0 Å². The molecule has 0 saturated heterocycles. The highest BCUT2D eigenvalue weighted by Gasteiger charge is 2.28. The summed E-state index contributed by atoms with van der Waals surface area (Å²) >= 11 is 0. The molecule has 0 fully saturated rings. The first-order valence-electron chi connectivity index (χ1n) is 12.2. The SMILES string of the molecule is CC(C)C[C@H]1NC(=O)C[C@@H](C(=O)NCCCN(C)C)NC(=O)c2ccccc2OCCCNC1=O. The monoisotopic (exact) mass is 489 g/mol. The van der Waals surface area contributed by atoms with Crippen LogP contribution in [0.5, 0.6) is 5.75 Å². The quantitative estimate of drug-likeness (QED) is 0.417. The second-order valence-electron chi connectivity index (χ2n) is 9.42. The van der Waals surface area contributed by atoms with E-state index in [1.165, 1.54) is 0 Å². The second kappa shape index (κ2) is 14.3. The van der Waals surface area contributed by atoms with Gasteiger partial charge in [0, 0.05) is 13.1 Å². The van der Waals surface area contributed by atoms with Gasteiger partial charge < -0.3 is 30.9 Å². The lowest BCUT2D eigenvalue weighted by atomic mass is 10.0. The van der Waals surface area contributed by atoms with E-state index >= 15 is 0 Å². The maximum Gasteiger partial charge on any atom is 0.255 e. The zero-order valence-electron chi connectivity index (χ0n) is 21.2. The van der Waals surface area contributed by atoms with Gasteiger partial charge in [0.1, 0.15) is 17.8 Å². The molecule has 0 radical (unpaired) electrons. The number of hydrogen-bond donors (Lipinski definition) is 4. The summed E-state index contributed by atoms with van der Waals surface area (Å²) in [6.45, 7) is 5.78. The van der Waals surface area contributed by atoms with Crippen LogP contribution in [0.15, 0.2) is 24.3 Å². The Morgan fingerprint density at radius 1 is 1.17 bits per heavy atom. The smallest absolute Gasteiger partial charge is 0.255 e. The van der Waals surface area contributed by atoms with Crippen LogP contribution in [-0.2, 0) is 14.4 Å². The third-order valence-electron chi connectivity index (χ3n) is 5.46. The van der Waals surface area contributed by atoms with Crippen LogP contribution in [0.3, 0.4) is 0 Å². The molecule has 2 rings (SSSR count). The van der Waals surface area contributed by atoms with Gasteiger partial charge in [0.15, 0.2) is 0 Å². The molecule has 0 saturated carbocycles. The summed E-state index contributed by atoms with van der Waals surface area (Å²) in [5.41, 5.74) is 0.273. The van der Waals surface area contributed by atoms with Crippen molar-refractivity contribution in [3.63, 3.8) is 0 Å². The van der Waals surface area contributed by atoms with Gasteiger partial charge in [0.2, 0.25) is 17.7 Å². The summed E-state index contributed by atoms with van der Waals surface area (Å²) in [4.78, 5) is 53.6. The molecule has 0 spiro atoms. The fourth-order valence-electron chi connectivity index (χ4n) is 3.69. The molecule has 1 aromatic rings. The van der Waals surface area contributed by atoms with Crippen LogP contribution in [0.4, 0.5) is 0 Å². The molecular formula is C25H39N5O5. The predicted octanol–water partition coefficient (Wildman–Crippen LogP) is 0.673. The van der Waals surface area contributed by atoms with E-state index < -0.39 is 29.8 Å². The Labute approximate surface area is 207 Å². The van der Waals surface area contributed by atoms with E-state index in [4.69, 9.17) is 4.74 Å². The Balaban J connectivity index is 2.24. The lowest BCUT2D eigenvalue weighted by Gasteiger charge is -2.22. The zero-order valence-corrected chi connectivity index (χ0v) is 21.2. The number of carbonyl (C=O) groups is 4. The van der Waals surface area contributed by atoms with E-state index in [1.807, 2.05) is 32.8 Å². The highest BCUT2D eigenvalue weighted by molar-refractivity contribution is 6.01. The largest absolute Gasteiger partial charge is 0.493 e. The fraction of sp³-hybridized carbons (Fsp3) is 0.600. The van der Waals surface area contributed by atoms with Crippen molar-refractivity contribution in [1.82, 2.24) is 26.2 Å². The van der Waals surface area contributed by atoms with Crippen molar-refractivity contribution in [3.05, 3.63) is 29.8 Å². The molecule has 1 aromatic carbocycles. The van der Waals surface area contributed by atoms with Gasteiger partial charge in [-0.25, -0.2) is 0 Å². The Morgan fingerprint density at radius 2 is 1.91 bits per heavy atom.